The summed E-state index contributed by atoms with van der Waals surface area (Å²) in [5, 5.41) is 12.1. The lowest BCUT2D eigenvalue weighted by Crippen LogP contribution is -2.50. The van der Waals surface area contributed by atoms with Crippen molar-refractivity contribution >= 4 is 21.9 Å². The van der Waals surface area contributed by atoms with Crippen molar-refractivity contribution < 1.29 is 32.2 Å². The molecule has 8 nitrogen and oxygen atoms in total. The summed E-state index contributed by atoms with van der Waals surface area (Å²) in [7, 11) is -4.21. The number of likely N-dealkylation sites (N-methyl/N-ethyl adjacent to an activating group) is 1. The van der Waals surface area contributed by atoms with E-state index in [0.717, 1.165) is 24.3 Å². The van der Waals surface area contributed by atoms with Crippen molar-refractivity contribution in [3.05, 3.63) is 30.1 Å². The number of aliphatic hydroxyl groups excluding tert-OH is 1. The quantitative estimate of drug-likeness (QED) is 0.546. The lowest BCUT2D eigenvalue weighted by Gasteiger charge is -2.22. The number of halogens is 1. The van der Waals surface area contributed by atoms with Gasteiger partial charge in [0, 0.05) is 6.54 Å². The second-order valence-corrected chi connectivity index (χ2v) is 6.98. The van der Waals surface area contributed by atoms with Crippen LogP contribution in [0, 0.1) is 5.82 Å². The topological polar surface area (TPSA) is 122 Å². The van der Waals surface area contributed by atoms with Crippen LogP contribution in [-0.2, 0) is 24.3 Å². The van der Waals surface area contributed by atoms with Gasteiger partial charge in [-0.2, -0.15) is 4.72 Å². The molecule has 0 saturated heterocycles. The van der Waals surface area contributed by atoms with Gasteiger partial charge in [-0.1, -0.05) is 0 Å². The van der Waals surface area contributed by atoms with Crippen molar-refractivity contribution in [1.29, 1.82) is 0 Å². The first-order chi connectivity index (χ1) is 11.6. The molecule has 3 N–H and O–H groups in total. The van der Waals surface area contributed by atoms with Gasteiger partial charge >= 0.3 is 5.97 Å². The molecule has 1 aromatic carbocycles. The fourth-order valence-corrected chi connectivity index (χ4v) is 3.07. The molecule has 1 amide bonds. The molecule has 140 valence electrons. The van der Waals surface area contributed by atoms with Gasteiger partial charge in [0.1, 0.15) is 11.9 Å². The monoisotopic (exact) mass is 376 g/mol. The number of sulfonamides is 1. The van der Waals surface area contributed by atoms with Crippen molar-refractivity contribution in [2.45, 2.75) is 43.9 Å². The Morgan fingerprint density at radius 2 is 1.80 bits per heavy atom. The fraction of sp³-hybridized carbons (Fsp3) is 0.467. The standard InChI is InChI=1S/C15H21FN2O6S/c1-4-17-14(20)10(3)24-15(21)13(9(2)19)18-25(22,23)12-7-5-11(16)6-8-12/h5-10,13,18-19H,4H2,1-3H3,(H,17,20)/t9-,10-,13+/m1/s1. The van der Waals surface area contributed by atoms with E-state index in [1.807, 2.05) is 4.72 Å². The van der Waals surface area contributed by atoms with Crippen molar-refractivity contribution in [3.63, 3.8) is 0 Å². The van der Waals surface area contributed by atoms with E-state index in [4.69, 9.17) is 4.74 Å². The van der Waals surface area contributed by atoms with Gasteiger partial charge in [-0.25, -0.2) is 12.8 Å². The van der Waals surface area contributed by atoms with E-state index >= 15 is 0 Å². The average Bonchev–Trinajstić information content (AvgIpc) is 2.52. The summed E-state index contributed by atoms with van der Waals surface area (Å²) in [5.74, 6) is -2.29. The van der Waals surface area contributed by atoms with Crippen molar-refractivity contribution in [1.82, 2.24) is 10.0 Å². The van der Waals surface area contributed by atoms with Gasteiger partial charge in [0.2, 0.25) is 10.0 Å². The van der Waals surface area contributed by atoms with Crippen LogP contribution in [0.1, 0.15) is 20.8 Å². The Bertz CT molecular complexity index is 705. The van der Waals surface area contributed by atoms with Crippen LogP contribution in [0.4, 0.5) is 4.39 Å². The van der Waals surface area contributed by atoms with Crippen LogP contribution in [0.15, 0.2) is 29.2 Å². The van der Waals surface area contributed by atoms with E-state index in [-0.39, 0.29) is 4.90 Å². The highest BCUT2D eigenvalue weighted by molar-refractivity contribution is 7.89. The molecule has 0 radical (unpaired) electrons. The Morgan fingerprint density at radius 1 is 1.24 bits per heavy atom. The maximum absolute atomic E-state index is 12.9. The molecular formula is C15H21FN2O6S. The number of carbonyl (C=O) groups excluding carboxylic acids is 2. The molecule has 0 aromatic heterocycles. The summed E-state index contributed by atoms with van der Waals surface area (Å²) in [5.41, 5.74) is 0. The zero-order chi connectivity index (χ0) is 19.2. The number of hydrogen-bond acceptors (Lipinski definition) is 6. The van der Waals surface area contributed by atoms with Crippen LogP contribution in [-0.4, -0.2) is 50.2 Å². The molecule has 0 heterocycles. The largest absolute Gasteiger partial charge is 0.451 e. The minimum Gasteiger partial charge on any atom is -0.451 e. The first kappa shape index (κ1) is 21.0. The third kappa shape index (κ3) is 6.07. The Morgan fingerprint density at radius 3 is 2.28 bits per heavy atom. The SMILES string of the molecule is CCNC(=O)[C@@H](C)OC(=O)[C@@H](NS(=O)(=O)c1ccc(F)cc1)[C@@H](C)O. The molecule has 0 saturated carbocycles. The lowest BCUT2D eigenvalue weighted by molar-refractivity contribution is -0.158. The van der Waals surface area contributed by atoms with E-state index < -0.39 is 46.0 Å². The van der Waals surface area contributed by atoms with Gasteiger partial charge in [0.05, 0.1) is 11.0 Å². The number of ether oxygens (including phenoxy) is 1. The van der Waals surface area contributed by atoms with Crippen LogP contribution in [0.5, 0.6) is 0 Å². The number of benzene rings is 1. The highest BCUT2D eigenvalue weighted by Gasteiger charge is 2.32. The van der Waals surface area contributed by atoms with Crippen LogP contribution in [0.25, 0.3) is 0 Å². The lowest BCUT2D eigenvalue weighted by atomic mass is 10.2. The second-order valence-electron chi connectivity index (χ2n) is 5.27. The number of nitrogens with one attached hydrogen (secondary N) is 2. The number of hydrogen-bond donors (Lipinski definition) is 3. The Labute approximate surface area is 145 Å². The zero-order valence-electron chi connectivity index (χ0n) is 14.0. The van der Waals surface area contributed by atoms with Crippen molar-refractivity contribution in [3.8, 4) is 0 Å². The van der Waals surface area contributed by atoms with Crippen LogP contribution in [0.3, 0.4) is 0 Å². The van der Waals surface area contributed by atoms with Crippen molar-refractivity contribution in [2.75, 3.05) is 6.54 Å². The predicted molar refractivity (Wildman–Crippen MR) is 86.4 cm³/mol. The molecule has 0 bridgehead atoms. The molecule has 3 atom stereocenters. The number of aliphatic hydroxyl groups is 1. The number of rotatable bonds is 8. The summed E-state index contributed by atoms with van der Waals surface area (Å²) < 4.78 is 44.3. The van der Waals surface area contributed by atoms with Crippen LogP contribution < -0.4 is 10.0 Å². The molecular weight excluding hydrogens is 355 g/mol. The summed E-state index contributed by atoms with van der Waals surface area (Å²) >= 11 is 0. The van der Waals surface area contributed by atoms with Crippen molar-refractivity contribution in [2.24, 2.45) is 0 Å². The van der Waals surface area contributed by atoms with E-state index in [9.17, 15) is 27.5 Å². The van der Waals surface area contributed by atoms with Gasteiger partial charge in [0.15, 0.2) is 6.10 Å². The van der Waals surface area contributed by atoms with Gasteiger partial charge in [-0.3, -0.25) is 9.59 Å². The van der Waals surface area contributed by atoms with Gasteiger partial charge < -0.3 is 15.2 Å². The summed E-state index contributed by atoms with van der Waals surface area (Å²) in [6.07, 6.45) is -2.59. The highest BCUT2D eigenvalue weighted by Crippen LogP contribution is 2.12. The average molecular weight is 376 g/mol. The van der Waals surface area contributed by atoms with Crippen LogP contribution in [0.2, 0.25) is 0 Å². The van der Waals surface area contributed by atoms with Crippen LogP contribution >= 0.6 is 0 Å². The number of esters is 1. The number of carbonyl (C=O) groups is 2. The summed E-state index contributed by atoms with van der Waals surface area (Å²) in [6.45, 7) is 4.52. The molecule has 0 aliphatic carbocycles. The molecule has 0 fully saturated rings. The fourth-order valence-electron chi connectivity index (χ4n) is 1.81. The Balaban J connectivity index is 2.91. The molecule has 0 unspecified atom stereocenters. The molecule has 0 aliphatic rings. The first-order valence-electron chi connectivity index (χ1n) is 7.52. The van der Waals surface area contributed by atoms with Gasteiger partial charge in [-0.15, -0.1) is 0 Å². The maximum atomic E-state index is 12.9. The molecule has 0 spiro atoms. The van der Waals surface area contributed by atoms with Gasteiger partial charge in [-0.05, 0) is 45.0 Å². The molecule has 1 aromatic rings. The van der Waals surface area contributed by atoms with Gasteiger partial charge in [0.25, 0.3) is 5.91 Å². The minimum absolute atomic E-state index is 0.288. The van der Waals surface area contributed by atoms with E-state index in [0.29, 0.717) is 6.54 Å². The third-order valence-electron chi connectivity index (χ3n) is 3.16. The summed E-state index contributed by atoms with van der Waals surface area (Å²) in [4.78, 5) is 23.4. The minimum atomic E-state index is -4.21. The number of amides is 1. The molecule has 25 heavy (non-hydrogen) atoms. The second kappa shape index (κ2) is 8.88. The first-order valence-corrected chi connectivity index (χ1v) is 9.01. The van der Waals surface area contributed by atoms with E-state index in [1.165, 1.54) is 13.8 Å². The van der Waals surface area contributed by atoms with E-state index in [1.54, 1.807) is 6.92 Å². The van der Waals surface area contributed by atoms with E-state index in [2.05, 4.69) is 5.32 Å². The predicted octanol–water partition coefficient (Wildman–Crippen LogP) is -0.0788. The smallest absolute Gasteiger partial charge is 0.327 e. The maximum Gasteiger partial charge on any atom is 0.327 e. The highest BCUT2D eigenvalue weighted by atomic mass is 32.2. The molecule has 10 heteroatoms. The Hall–Kier alpha value is -2.04. The normalized spacial score (nSPS) is 15.1. The zero-order valence-corrected chi connectivity index (χ0v) is 14.8. The Kier molecular flexibility index (Phi) is 7.46. The molecule has 1 rings (SSSR count). The summed E-state index contributed by atoms with van der Waals surface area (Å²) in [6, 6.07) is 2.29. The molecule has 0 aliphatic heterocycles. The third-order valence-corrected chi connectivity index (χ3v) is 4.61.